The first-order chi connectivity index (χ1) is 14.5. The number of carbonyl (C=O) groups is 2. The Morgan fingerprint density at radius 2 is 1.57 bits per heavy atom. The van der Waals surface area contributed by atoms with Gasteiger partial charge in [-0.05, 0) is 42.5 Å². The van der Waals surface area contributed by atoms with E-state index in [2.05, 4.69) is 0 Å². The summed E-state index contributed by atoms with van der Waals surface area (Å²) in [5.74, 6) is -1.96. The molecule has 30 heavy (non-hydrogen) atoms. The summed E-state index contributed by atoms with van der Waals surface area (Å²) in [6.45, 7) is 0. The highest BCUT2D eigenvalue weighted by atomic mass is 19.1. The number of rotatable bonds is 4. The number of methoxy groups -OCH3 is 1. The summed E-state index contributed by atoms with van der Waals surface area (Å²) < 4.78 is 18.8. The van der Waals surface area contributed by atoms with E-state index >= 15 is 0 Å². The van der Waals surface area contributed by atoms with E-state index < -0.39 is 23.5 Å². The molecular formula is C24H18FNO4. The van der Waals surface area contributed by atoms with E-state index in [9.17, 15) is 19.1 Å². The van der Waals surface area contributed by atoms with Gasteiger partial charge in [0, 0.05) is 16.8 Å². The molecule has 1 N–H and O–H groups in total. The standard InChI is InChI=1S/C24H18FNO4/c1-30-19-10-6-5-9-18(19)21-20(22(27)15-11-13-16(25)14-12-15)23(28)24(29)26(21)17-7-3-2-4-8-17/h2-14,21,27H,1H3/b22-20-. The van der Waals surface area contributed by atoms with Crippen LogP contribution < -0.4 is 9.64 Å². The van der Waals surface area contributed by atoms with Crippen molar-refractivity contribution in [1.29, 1.82) is 0 Å². The van der Waals surface area contributed by atoms with Gasteiger partial charge in [-0.3, -0.25) is 14.5 Å². The molecule has 1 saturated heterocycles. The molecule has 0 bridgehead atoms. The number of aliphatic hydroxyl groups is 1. The fourth-order valence-electron chi connectivity index (χ4n) is 3.64. The van der Waals surface area contributed by atoms with Gasteiger partial charge in [0.2, 0.25) is 0 Å². The number of hydrogen-bond acceptors (Lipinski definition) is 4. The largest absolute Gasteiger partial charge is 0.507 e. The number of para-hydroxylation sites is 2. The lowest BCUT2D eigenvalue weighted by atomic mass is 9.94. The van der Waals surface area contributed by atoms with Gasteiger partial charge in [-0.25, -0.2) is 4.39 Å². The van der Waals surface area contributed by atoms with Crippen molar-refractivity contribution in [3.8, 4) is 5.75 Å². The second kappa shape index (κ2) is 7.83. The van der Waals surface area contributed by atoms with Crippen molar-refractivity contribution in [3.05, 3.63) is 101 Å². The van der Waals surface area contributed by atoms with Crippen molar-refractivity contribution in [2.75, 3.05) is 12.0 Å². The quantitative estimate of drug-likeness (QED) is 0.397. The maximum Gasteiger partial charge on any atom is 0.300 e. The number of hydrogen-bond donors (Lipinski definition) is 1. The normalized spacial score (nSPS) is 17.9. The van der Waals surface area contributed by atoms with Crippen LogP contribution in [-0.4, -0.2) is 23.9 Å². The van der Waals surface area contributed by atoms with Gasteiger partial charge in [-0.2, -0.15) is 0 Å². The molecule has 5 nitrogen and oxygen atoms in total. The van der Waals surface area contributed by atoms with Gasteiger partial charge in [0.25, 0.3) is 11.7 Å². The summed E-state index contributed by atoms with van der Waals surface area (Å²) in [6, 6.07) is 19.9. The van der Waals surface area contributed by atoms with Gasteiger partial charge in [0.15, 0.2) is 0 Å². The fraction of sp³-hybridized carbons (Fsp3) is 0.0833. The SMILES string of the molecule is COc1ccccc1C1/C(=C(/O)c2ccc(F)cc2)C(=O)C(=O)N1c1ccccc1. The number of carbonyl (C=O) groups excluding carboxylic acids is 2. The smallest absolute Gasteiger partial charge is 0.300 e. The van der Waals surface area contributed by atoms with Crippen molar-refractivity contribution >= 4 is 23.1 Å². The van der Waals surface area contributed by atoms with Gasteiger partial charge in [0.05, 0.1) is 18.7 Å². The van der Waals surface area contributed by atoms with Crippen LogP contribution in [0, 0.1) is 5.82 Å². The second-order valence-electron chi connectivity index (χ2n) is 6.75. The van der Waals surface area contributed by atoms with E-state index in [0.717, 1.165) is 0 Å². The summed E-state index contributed by atoms with van der Waals surface area (Å²) in [5, 5.41) is 11.0. The van der Waals surface area contributed by atoms with Crippen LogP contribution in [0.15, 0.2) is 84.4 Å². The van der Waals surface area contributed by atoms with Gasteiger partial charge in [-0.15, -0.1) is 0 Å². The van der Waals surface area contributed by atoms with Crippen LogP contribution in [-0.2, 0) is 9.59 Å². The molecule has 150 valence electrons. The van der Waals surface area contributed by atoms with E-state index in [1.54, 1.807) is 54.6 Å². The lowest BCUT2D eigenvalue weighted by Crippen LogP contribution is -2.29. The monoisotopic (exact) mass is 403 g/mol. The molecule has 1 unspecified atom stereocenters. The van der Waals surface area contributed by atoms with E-state index in [1.807, 2.05) is 0 Å². The van der Waals surface area contributed by atoms with Crippen LogP contribution in [0.3, 0.4) is 0 Å². The molecule has 0 aliphatic carbocycles. The fourth-order valence-corrected chi connectivity index (χ4v) is 3.64. The molecule has 1 fully saturated rings. The molecule has 1 atom stereocenters. The lowest BCUT2D eigenvalue weighted by Gasteiger charge is -2.26. The molecule has 3 aromatic carbocycles. The maximum absolute atomic E-state index is 13.3. The molecule has 0 saturated carbocycles. The Hall–Kier alpha value is -3.93. The van der Waals surface area contributed by atoms with E-state index in [4.69, 9.17) is 4.74 Å². The molecule has 1 aliphatic heterocycles. The molecule has 3 aromatic rings. The first-order valence-corrected chi connectivity index (χ1v) is 9.28. The molecule has 0 radical (unpaired) electrons. The molecule has 1 amide bonds. The van der Waals surface area contributed by atoms with Crippen LogP contribution >= 0.6 is 0 Å². The Morgan fingerprint density at radius 1 is 0.933 bits per heavy atom. The minimum atomic E-state index is -0.909. The predicted molar refractivity (Wildman–Crippen MR) is 111 cm³/mol. The molecular weight excluding hydrogens is 385 g/mol. The average molecular weight is 403 g/mol. The zero-order valence-electron chi connectivity index (χ0n) is 16.1. The highest BCUT2D eigenvalue weighted by Crippen LogP contribution is 2.44. The number of nitrogens with zero attached hydrogens (tertiary/aromatic N) is 1. The summed E-state index contributed by atoms with van der Waals surface area (Å²) >= 11 is 0. The summed E-state index contributed by atoms with van der Waals surface area (Å²) in [4.78, 5) is 27.4. The van der Waals surface area contributed by atoms with Crippen molar-refractivity contribution in [3.63, 3.8) is 0 Å². The van der Waals surface area contributed by atoms with Crippen LogP contribution in [0.4, 0.5) is 10.1 Å². The van der Waals surface area contributed by atoms with E-state index in [-0.39, 0.29) is 16.9 Å². The van der Waals surface area contributed by atoms with Crippen LogP contribution in [0.1, 0.15) is 17.2 Å². The number of benzene rings is 3. The zero-order valence-corrected chi connectivity index (χ0v) is 16.1. The van der Waals surface area contributed by atoms with E-state index in [0.29, 0.717) is 17.0 Å². The average Bonchev–Trinajstić information content (AvgIpc) is 3.04. The molecule has 0 spiro atoms. The van der Waals surface area contributed by atoms with Gasteiger partial charge in [0.1, 0.15) is 17.3 Å². The summed E-state index contributed by atoms with van der Waals surface area (Å²) in [6.07, 6.45) is 0. The first-order valence-electron chi connectivity index (χ1n) is 9.28. The third kappa shape index (κ3) is 3.22. The van der Waals surface area contributed by atoms with Crippen LogP contribution in [0.5, 0.6) is 5.75 Å². The second-order valence-corrected chi connectivity index (χ2v) is 6.75. The first kappa shape index (κ1) is 19.4. The number of Topliss-reactive ketones (excluding diaryl/α,β-unsaturated/α-hetero) is 1. The molecule has 1 heterocycles. The number of ketones is 1. The molecule has 6 heteroatoms. The highest BCUT2D eigenvalue weighted by molar-refractivity contribution is 6.51. The Bertz CT molecular complexity index is 1140. The van der Waals surface area contributed by atoms with Crippen molar-refractivity contribution < 1.29 is 23.8 Å². The predicted octanol–water partition coefficient (Wildman–Crippen LogP) is 4.46. The number of aliphatic hydroxyl groups excluding tert-OH is 1. The van der Waals surface area contributed by atoms with Crippen LogP contribution in [0.25, 0.3) is 5.76 Å². The van der Waals surface area contributed by atoms with Crippen molar-refractivity contribution in [1.82, 2.24) is 0 Å². The Labute approximate surface area is 172 Å². The number of halogens is 1. The minimum absolute atomic E-state index is 0.0834. The van der Waals surface area contributed by atoms with Gasteiger partial charge < -0.3 is 9.84 Å². The Kier molecular flexibility index (Phi) is 5.06. The Balaban J connectivity index is 1.98. The molecule has 0 aromatic heterocycles. The number of anilines is 1. The number of ether oxygens (including phenoxy) is 1. The number of amides is 1. The van der Waals surface area contributed by atoms with Crippen molar-refractivity contribution in [2.24, 2.45) is 0 Å². The van der Waals surface area contributed by atoms with Gasteiger partial charge in [-0.1, -0.05) is 36.4 Å². The third-order valence-electron chi connectivity index (χ3n) is 5.03. The van der Waals surface area contributed by atoms with Gasteiger partial charge >= 0.3 is 0 Å². The lowest BCUT2D eigenvalue weighted by molar-refractivity contribution is -0.132. The zero-order chi connectivity index (χ0) is 21.3. The summed E-state index contributed by atoms with van der Waals surface area (Å²) in [7, 11) is 1.49. The van der Waals surface area contributed by atoms with E-state index in [1.165, 1.54) is 36.3 Å². The topological polar surface area (TPSA) is 66.8 Å². The maximum atomic E-state index is 13.3. The molecule has 1 aliphatic rings. The highest BCUT2D eigenvalue weighted by Gasteiger charge is 2.47. The van der Waals surface area contributed by atoms with Crippen LogP contribution in [0.2, 0.25) is 0 Å². The third-order valence-corrected chi connectivity index (χ3v) is 5.03. The molecule has 4 rings (SSSR count). The minimum Gasteiger partial charge on any atom is -0.507 e. The Morgan fingerprint density at radius 3 is 2.23 bits per heavy atom. The van der Waals surface area contributed by atoms with Crippen molar-refractivity contribution in [2.45, 2.75) is 6.04 Å². The summed E-state index contributed by atoms with van der Waals surface area (Å²) in [5.41, 5.74) is 1.21.